The molecule has 226 valence electrons. The average molecular weight is 616 g/mol. The van der Waals surface area contributed by atoms with E-state index in [0.29, 0.717) is 31.9 Å². The molecule has 43 heavy (non-hydrogen) atoms. The number of rotatable bonds is 7. The first kappa shape index (κ1) is 29.2. The van der Waals surface area contributed by atoms with Crippen molar-refractivity contribution >= 4 is 29.1 Å². The summed E-state index contributed by atoms with van der Waals surface area (Å²) >= 11 is 6.55. The molecule has 0 unspecified atom stereocenters. The number of imidazole rings is 1. The van der Waals surface area contributed by atoms with Crippen molar-refractivity contribution in [2.24, 2.45) is 5.92 Å². The number of halogens is 4. The lowest BCUT2D eigenvalue weighted by Gasteiger charge is -2.27. The summed E-state index contributed by atoms with van der Waals surface area (Å²) in [5.41, 5.74) is -0.325. The topological polar surface area (TPSA) is 92.3 Å². The summed E-state index contributed by atoms with van der Waals surface area (Å²) in [4.78, 5) is 35.0. The Kier molecular flexibility index (Phi) is 8.17. The molecule has 4 aromatic rings. The molecule has 1 aromatic carbocycles. The van der Waals surface area contributed by atoms with Crippen LogP contribution in [0.1, 0.15) is 27.5 Å². The molecule has 0 spiro atoms. The van der Waals surface area contributed by atoms with E-state index >= 15 is 0 Å². The summed E-state index contributed by atoms with van der Waals surface area (Å²) in [6.07, 6.45) is -0.698. The Morgan fingerprint density at radius 1 is 1.07 bits per heavy atom. The fraction of sp³-hybridized carbons (Fsp3) is 0.367. The third-order valence-electron chi connectivity index (χ3n) is 8.03. The van der Waals surface area contributed by atoms with E-state index in [9.17, 15) is 22.8 Å². The lowest BCUT2D eigenvalue weighted by Crippen LogP contribution is -2.43. The van der Waals surface area contributed by atoms with Crippen molar-refractivity contribution in [3.8, 4) is 11.1 Å². The second-order valence-corrected chi connectivity index (χ2v) is 11.0. The van der Waals surface area contributed by atoms with Crippen LogP contribution in [0.3, 0.4) is 0 Å². The summed E-state index contributed by atoms with van der Waals surface area (Å²) in [6, 6.07) is 11.9. The van der Waals surface area contributed by atoms with Gasteiger partial charge in [-0.05, 0) is 17.7 Å². The summed E-state index contributed by atoms with van der Waals surface area (Å²) in [5, 5.41) is 2.76. The van der Waals surface area contributed by atoms with Crippen molar-refractivity contribution in [2.75, 3.05) is 52.5 Å². The summed E-state index contributed by atoms with van der Waals surface area (Å²) in [7, 11) is 0. The maximum absolute atomic E-state index is 14.1. The predicted molar refractivity (Wildman–Crippen MR) is 152 cm³/mol. The maximum Gasteiger partial charge on any atom is 0.420 e. The highest BCUT2D eigenvalue weighted by molar-refractivity contribution is 6.33. The van der Waals surface area contributed by atoms with E-state index in [1.54, 1.807) is 0 Å². The number of benzene rings is 1. The van der Waals surface area contributed by atoms with Crippen LogP contribution in [0.4, 0.5) is 13.2 Å². The highest BCUT2D eigenvalue weighted by atomic mass is 35.5. The first-order valence-corrected chi connectivity index (χ1v) is 14.3. The third-order valence-corrected chi connectivity index (χ3v) is 8.39. The van der Waals surface area contributed by atoms with E-state index in [0.717, 1.165) is 29.1 Å². The normalized spacial score (nSPS) is 19.7. The molecule has 2 aliphatic rings. The number of likely N-dealkylation sites (tertiary alicyclic amines) is 1. The van der Waals surface area contributed by atoms with Crippen molar-refractivity contribution in [2.45, 2.75) is 12.1 Å². The van der Waals surface area contributed by atoms with Gasteiger partial charge < -0.3 is 19.4 Å². The van der Waals surface area contributed by atoms with Crippen LogP contribution in [-0.4, -0.2) is 83.5 Å². The van der Waals surface area contributed by atoms with Crippen LogP contribution in [0, 0.1) is 5.92 Å². The zero-order chi connectivity index (χ0) is 30.1. The number of morpholine rings is 1. The van der Waals surface area contributed by atoms with Crippen LogP contribution < -0.4 is 5.32 Å². The Hall–Kier alpha value is -3.87. The first-order valence-electron chi connectivity index (χ1n) is 13.9. The first-order chi connectivity index (χ1) is 20.7. The minimum absolute atomic E-state index is 0.0678. The number of ether oxygens (including phenoxy) is 1. The number of nitrogens with zero attached hydrogens (tertiary/aromatic N) is 4. The van der Waals surface area contributed by atoms with E-state index in [1.165, 1.54) is 29.7 Å². The quantitative estimate of drug-likeness (QED) is 0.328. The van der Waals surface area contributed by atoms with Gasteiger partial charge in [-0.2, -0.15) is 13.2 Å². The number of pyridine rings is 1. The highest BCUT2D eigenvalue weighted by Crippen LogP contribution is 2.38. The molecular weight excluding hydrogens is 587 g/mol. The second kappa shape index (κ2) is 12.0. The van der Waals surface area contributed by atoms with Gasteiger partial charge in [-0.15, -0.1) is 0 Å². The van der Waals surface area contributed by atoms with Gasteiger partial charge in [-0.25, -0.2) is 4.98 Å². The van der Waals surface area contributed by atoms with Crippen molar-refractivity contribution < 1.29 is 31.9 Å². The van der Waals surface area contributed by atoms with Crippen LogP contribution in [0.2, 0.25) is 5.15 Å². The molecule has 5 heterocycles. The second-order valence-electron chi connectivity index (χ2n) is 10.7. The van der Waals surface area contributed by atoms with Crippen molar-refractivity contribution in [1.29, 1.82) is 0 Å². The van der Waals surface area contributed by atoms with E-state index in [-0.39, 0.29) is 41.3 Å². The molecule has 3 aromatic heterocycles. The standard InChI is InChI=1S/C30H29ClF3N5O4/c31-26-25(36-27-24(30(32,33)34)14-21(15-39(26)27)20-6-11-43-18-20)29(41)38-16-22(19-4-2-1-3-5-19)23(17-38)28(40)35-7-8-37-9-12-42-13-10-37/h1-6,11,14-15,18,22-23H,7-10,12-13,16-17H2,(H,35,40)/t22-,23+/m0/s1. The molecule has 2 saturated heterocycles. The highest BCUT2D eigenvalue weighted by Gasteiger charge is 2.42. The lowest BCUT2D eigenvalue weighted by molar-refractivity contribution is -0.136. The molecule has 0 bridgehead atoms. The lowest BCUT2D eigenvalue weighted by atomic mass is 9.88. The Labute approximate surface area is 250 Å². The zero-order valence-corrected chi connectivity index (χ0v) is 23.8. The van der Waals surface area contributed by atoms with Gasteiger partial charge in [-0.3, -0.25) is 18.9 Å². The average Bonchev–Trinajstić information content (AvgIpc) is 3.77. The molecule has 0 radical (unpaired) electrons. The molecule has 2 fully saturated rings. The number of furan rings is 1. The number of fused-ring (bicyclic) bond motifs is 1. The van der Waals surface area contributed by atoms with E-state index < -0.39 is 29.2 Å². The number of aromatic nitrogens is 2. The Morgan fingerprint density at radius 2 is 1.84 bits per heavy atom. The molecular formula is C30H29ClF3N5O4. The van der Waals surface area contributed by atoms with Crippen LogP contribution in [0.5, 0.6) is 0 Å². The Bertz CT molecular complexity index is 1600. The smallest absolute Gasteiger partial charge is 0.420 e. The van der Waals surface area contributed by atoms with E-state index in [2.05, 4.69) is 15.2 Å². The molecule has 9 nitrogen and oxygen atoms in total. The number of carbonyl (C=O) groups is 2. The van der Waals surface area contributed by atoms with Gasteiger partial charge in [0.2, 0.25) is 5.91 Å². The minimum atomic E-state index is -4.76. The van der Waals surface area contributed by atoms with Gasteiger partial charge in [0.15, 0.2) is 11.3 Å². The molecule has 2 amide bonds. The Morgan fingerprint density at radius 3 is 2.53 bits per heavy atom. The maximum atomic E-state index is 14.1. The number of hydrogen-bond donors (Lipinski definition) is 1. The minimum Gasteiger partial charge on any atom is -0.472 e. The summed E-state index contributed by atoms with van der Waals surface area (Å²) < 4.78 is 53.8. The van der Waals surface area contributed by atoms with Crippen LogP contribution >= 0.6 is 11.6 Å². The van der Waals surface area contributed by atoms with Gasteiger partial charge in [0.1, 0.15) is 5.15 Å². The van der Waals surface area contributed by atoms with E-state index in [4.69, 9.17) is 20.8 Å². The monoisotopic (exact) mass is 615 g/mol. The largest absolute Gasteiger partial charge is 0.472 e. The molecule has 13 heteroatoms. The summed E-state index contributed by atoms with van der Waals surface area (Å²) in [6.45, 7) is 4.29. The van der Waals surface area contributed by atoms with Gasteiger partial charge in [0.25, 0.3) is 5.91 Å². The number of nitrogens with one attached hydrogen (secondary N) is 1. The SMILES string of the molecule is O=C(NCCN1CCOCC1)[C@@H]1CN(C(=O)c2nc3c(C(F)(F)F)cc(-c4ccoc4)cn3c2Cl)C[C@H]1c1ccccc1. The number of hydrogen-bond acceptors (Lipinski definition) is 6. The molecule has 0 saturated carbocycles. The fourth-order valence-corrected chi connectivity index (χ4v) is 6.02. The van der Waals surface area contributed by atoms with Crippen molar-refractivity contribution in [3.05, 3.63) is 83.2 Å². The van der Waals surface area contributed by atoms with Crippen molar-refractivity contribution in [1.82, 2.24) is 24.5 Å². The van der Waals surface area contributed by atoms with Crippen LogP contribution in [0.15, 0.2) is 65.6 Å². The van der Waals surface area contributed by atoms with Gasteiger partial charge in [-0.1, -0.05) is 41.9 Å². The molecule has 2 atom stereocenters. The Balaban J connectivity index is 1.27. The molecule has 0 aliphatic carbocycles. The number of carbonyl (C=O) groups excluding carboxylic acids is 2. The van der Waals surface area contributed by atoms with Gasteiger partial charge in [0.05, 0.1) is 37.2 Å². The fourth-order valence-electron chi connectivity index (χ4n) is 5.76. The van der Waals surface area contributed by atoms with Crippen LogP contribution in [-0.2, 0) is 15.7 Å². The number of amides is 2. The van der Waals surface area contributed by atoms with Crippen molar-refractivity contribution in [3.63, 3.8) is 0 Å². The molecule has 1 N–H and O–H groups in total. The third kappa shape index (κ3) is 5.99. The van der Waals surface area contributed by atoms with Gasteiger partial charge in [0, 0.05) is 62.5 Å². The van der Waals surface area contributed by atoms with E-state index in [1.807, 2.05) is 30.3 Å². The number of alkyl halides is 3. The van der Waals surface area contributed by atoms with Crippen LogP contribution in [0.25, 0.3) is 16.8 Å². The van der Waals surface area contributed by atoms with Gasteiger partial charge >= 0.3 is 6.18 Å². The zero-order valence-electron chi connectivity index (χ0n) is 23.0. The molecule has 6 rings (SSSR count). The predicted octanol–water partition coefficient (Wildman–Crippen LogP) is 4.57. The summed E-state index contributed by atoms with van der Waals surface area (Å²) in [5.74, 6) is -1.72. The molecule has 2 aliphatic heterocycles.